The Morgan fingerprint density at radius 2 is 1.90 bits per heavy atom. The normalized spacial score (nSPS) is 18.1. The monoisotopic (exact) mass is 435 g/mol. The number of alkyl halides is 3. The van der Waals surface area contributed by atoms with Crippen LogP contribution in [-0.2, 0) is 22.2 Å². The van der Waals surface area contributed by atoms with Crippen LogP contribution in [0.15, 0.2) is 59.6 Å². The van der Waals surface area contributed by atoms with Crippen molar-refractivity contribution in [2.45, 2.75) is 24.3 Å². The van der Waals surface area contributed by atoms with Gasteiger partial charge in [-0.25, -0.2) is 4.99 Å². The first-order valence-corrected chi connectivity index (χ1v) is 10.1. The number of rotatable bonds is 6. The van der Waals surface area contributed by atoms with E-state index in [2.05, 4.69) is 10.3 Å². The first kappa shape index (κ1) is 21.9. The minimum Gasteiger partial charge on any atom is -0.356 e. The number of nitrogens with one attached hydrogen (secondary N) is 1. The van der Waals surface area contributed by atoms with Gasteiger partial charge in [0, 0.05) is 20.0 Å². The number of hydrogen-bond acceptors (Lipinski definition) is 4. The molecule has 2 aromatic rings. The van der Waals surface area contributed by atoms with Gasteiger partial charge in [0.05, 0.1) is 11.3 Å². The Balaban J connectivity index is 1.59. The number of hydrogen-bond donors (Lipinski definition) is 1. The summed E-state index contributed by atoms with van der Waals surface area (Å²) in [7, 11) is 1.50. The number of nitrogens with zero attached hydrogens (tertiary/aromatic N) is 2. The van der Waals surface area contributed by atoms with Gasteiger partial charge in [0.25, 0.3) is 0 Å². The number of benzene rings is 2. The maximum Gasteiger partial charge on any atom is 0.416 e. The first-order chi connectivity index (χ1) is 14.2. The average molecular weight is 435 g/mol. The third-order valence-corrected chi connectivity index (χ3v) is 5.72. The molecule has 2 aromatic carbocycles. The summed E-state index contributed by atoms with van der Waals surface area (Å²) in [5.74, 6) is -0.561. The van der Waals surface area contributed by atoms with Crippen molar-refractivity contribution in [3.8, 4) is 0 Å². The lowest BCUT2D eigenvalue weighted by atomic mass is 10.1. The number of amidine groups is 1. The van der Waals surface area contributed by atoms with E-state index in [9.17, 15) is 22.8 Å². The van der Waals surface area contributed by atoms with E-state index in [1.807, 2.05) is 30.3 Å². The second-order valence-corrected chi connectivity index (χ2v) is 7.91. The largest absolute Gasteiger partial charge is 0.416 e. The molecule has 9 heteroatoms. The van der Waals surface area contributed by atoms with Crippen LogP contribution >= 0.6 is 11.8 Å². The summed E-state index contributed by atoms with van der Waals surface area (Å²) in [6.45, 7) is 0.454. The topological polar surface area (TPSA) is 61.8 Å². The highest BCUT2D eigenvalue weighted by atomic mass is 32.2. The molecule has 1 fully saturated rings. The molecular weight excluding hydrogens is 415 g/mol. The maximum absolute atomic E-state index is 12.9. The van der Waals surface area contributed by atoms with Crippen LogP contribution < -0.4 is 5.32 Å². The highest BCUT2D eigenvalue weighted by Gasteiger charge is 2.37. The van der Waals surface area contributed by atoms with Crippen LogP contribution in [0, 0.1) is 0 Å². The van der Waals surface area contributed by atoms with Crippen LogP contribution in [0.25, 0.3) is 0 Å². The van der Waals surface area contributed by atoms with Gasteiger partial charge in [0.2, 0.25) is 11.8 Å². The minimum atomic E-state index is -4.47. The molecule has 3 rings (SSSR count). The standard InChI is InChI=1S/C21H20F3N3O2S/c1-27-19(29)17(13-18(28)25-11-10-14-6-3-2-4-7-14)30-20(27)26-16-9-5-8-15(12-16)21(22,23)24/h2-9,12,17H,10-11,13H2,1H3,(H,25,28)/t17-/m0/s1. The second kappa shape index (κ2) is 9.34. The van der Waals surface area contributed by atoms with E-state index in [1.165, 1.54) is 24.1 Å². The summed E-state index contributed by atoms with van der Waals surface area (Å²) < 4.78 is 38.6. The SMILES string of the molecule is CN1C(=O)[C@H](CC(=O)NCCc2ccccc2)SC1=Nc1cccc(C(F)(F)F)c1. The number of carbonyl (C=O) groups excluding carboxylic acids is 2. The van der Waals surface area contributed by atoms with Crippen molar-refractivity contribution in [3.63, 3.8) is 0 Å². The van der Waals surface area contributed by atoms with Gasteiger partial charge in [-0.05, 0) is 30.2 Å². The first-order valence-electron chi connectivity index (χ1n) is 9.25. The van der Waals surface area contributed by atoms with Crippen molar-refractivity contribution < 1.29 is 22.8 Å². The van der Waals surface area contributed by atoms with Gasteiger partial charge in [-0.2, -0.15) is 13.2 Å². The molecule has 0 aliphatic carbocycles. The second-order valence-electron chi connectivity index (χ2n) is 6.74. The zero-order valence-electron chi connectivity index (χ0n) is 16.1. The molecule has 0 saturated carbocycles. The van der Waals surface area contributed by atoms with Crippen LogP contribution in [-0.4, -0.2) is 40.7 Å². The number of carbonyl (C=O) groups is 2. The summed E-state index contributed by atoms with van der Waals surface area (Å²) in [6.07, 6.45) is -3.81. The van der Waals surface area contributed by atoms with Gasteiger partial charge in [0.15, 0.2) is 5.17 Å². The zero-order chi connectivity index (χ0) is 21.7. The Morgan fingerprint density at radius 1 is 1.17 bits per heavy atom. The smallest absolute Gasteiger partial charge is 0.356 e. The van der Waals surface area contributed by atoms with Gasteiger partial charge in [-0.3, -0.25) is 14.5 Å². The Kier molecular flexibility index (Phi) is 6.81. The summed E-state index contributed by atoms with van der Waals surface area (Å²) in [5.41, 5.74) is 0.384. The van der Waals surface area contributed by atoms with Crippen LogP contribution in [0.4, 0.5) is 18.9 Å². The molecule has 1 aliphatic rings. The summed E-state index contributed by atoms with van der Waals surface area (Å²) in [6, 6.07) is 14.3. The Labute approximate surface area is 176 Å². The molecule has 1 heterocycles. The van der Waals surface area contributed by atoms with Crippen LogP contribution in [0.3, 0.4) is 0 Å². The fourth-order valence-corrected chi connectivity index (χ4v) is 4.05. The molecule has 0 bridgehead atoms. The lowest BCUT2D eigenvalue weighted by molar-refractivity contribution is -0.137. The summed E-state index contributed by atoms with van der Waals surface area (Å²) >= 11 is 1.08. The number of amides is 2. The fraction of sp³-hybridized carbons (Fsp3) is 0.286. The highest BCUT2D eigenvalue weighted by Crippen LogP contribution is 2.34. The van der Waals surface area contributed by atoms with Gasteiger partial charge < -0.3 is 5.32 Å². The maximum atomic E-state index is 12.9. The lowest BCUT2D eigenvalue weighted by Gasteiger charge is -2.10. The lowest BCUT2D eigenvalue weighted by Crippen LogP contribution is -2.33. The molecule has 30 heavy (non-hydrogen) atoms. The molecule has 0 spiro atoms. The number of halogens is 3. The molecule has 5 nitrogen and oxygen atoms in total. The molecule has 2 amide bonds. The van der Waals surface area contributed by atoms with Crippen LogP contribution in [0.5, 0.6) is 0 Å². The molecule has 158 valence electrons. The molecule has 0 aromatic heterocycles. The van der Waals surface area contributed by atoms with Gasteiger partial charge in [0.1, 0.15) is 5.25 Å². The van der Waals surface area contributed by atoms with Gasteiger partial charge >= 0.3 is 6.18 Å². The Hall–Kier alpha value is -2.81. The molecule has 1 saturated heterocycles. The van der Waals surface area contributed by atoms with E-state index in [4.69, 9.17) is 0 Å². The highest BCUT2D eigenvalue weighted by molar-refractivity contribution is 8.15. The van der Waals surface area contributed by atoms with Crippen molar-refractivity contribution in [1.29, 1.82) is 0 Å². The Bertz CT molecular complexity index is 948. The molecule has 0 unspecified atom stereocenters. The molecule has 1 atom stereocenters. The fourth-order valence-electron chi connectivity index (χ4n) is 2.89. The molecule has 1 aliphatic heterocycles. The number of thioether (sulfide) groups is 1. The van der Waals surface area contributed by atoms with Crippen LogP contribution in [0.2, 0.25) is 0 Å². The van der Waals surface area contributed by atoms with Crippen LogP contribution in [0.1, 0.15) is 17.5 Å². The van der Waals surface area contributed by atoms with Crippen molar-refractivity contribution in [3.05, 3.63) is 65.7 Å². The third-order valence-electron chi connectivity index (χ3n) is 4.49. The van der Waals surface area contributed by atoms with Crippen molar-refractivity contribution in [2.75, 3.05) is 13.6 Å². The van der Waals surface area contributed by atoms with Crippen molar-refractivity contribution in [1.82, 2.24) is 10.2 Å². The summed E-state index contributed by atoms with van der Waals surface area (Å²) in [4.78, 5) is 30.1. The van der Waals surface area contributed by atoms with E-state index in [0.29, 0.717) is 13.0 Å². The van der Waals surface area contributed by atoms with Gasteiger partial charge in [-0.15, -0.1) is 0 Å². The number of aliphatic imine (C=N–C) groups is 1. The third kappa shape index (κ3) is 5.63. The van der Waals surface area contributed by atoms with E-state index in [0.717, 1.165) is 29.5 Å². The average Bonchev–Trinajstić information content (AvgIpc) is 2.96. The van der Waals surface area contributed by atoms with E-state index in [-0.39, 0.29) is 29.1 Å². The minimum absolute atomic E-state index is 0.0236. The summed E-state index contributed by atoms with van der Waals surface area (Å²) in [5, 5.41) is 2.40. The van der Waals surface area contributed by atoms with E-state index < -0.39 is 17.0 Å². The molecule has 0 radical (unpaired) electrons. The molecule has 1 N–H and O–H groups in total. The van der Waals surface area contributed by atoms with E-state index in [1.54, 1.807) is 0 Å². The van der Waals surface area contributed by atoms with Crippen molar-refractivity contribution in [2.24, 2.45) is 4.99 Å². The zero-order valence-corrected chi connectivity index (χ0v) is 17.0. The Morgan fingerprint density at radius 3 is 2.60 bits per heavy atom. The van der Waals surface area contributed by atoms with Gasteiger partial charge in [-0.1, -0.05) is 48.2 Å². The predicted octanol–water partition coefficient (Wildman–Crippen LogP) is 4.02. The van der Waals surface area contributed by atoms with Crippen molar-refractivity contribution >= 4 is 34.4 Å². The molecular formula is C21H20F3N3O2S. The van der Waals surface area contributed by atoms with E-state index >= 15 is 0 Å². The quantitative estimate of drug-likeness (QED) is 0.746. The predicted molar refractivity (Wildman–Crippen MR) is 110 cm³/mol.